The summed E-state index contributed by atoms with van der Waals surface area (Å²) in [5, 5.41) is 11.5. The number of carbonyl (C=O) groups is 1. The standard InChI is InChI=1S/C18H17FN4O2/c19-16-2-1-13(11-20)9-14(16)12-22-18(24)17-10-15(3-4-21-17)23-5-7-25-8-6-23/h1-4,9-10H,5-8,12H2,(H,22,24). The van der Waals surface area contributed by atoms with E-state index in [4.69, 9.17) is 10.00 Å². The number of morpholine rings is 1. The molecule has 1 N–H and O–H groups in total. The normalized spacial score (nSPS) is 14.0. The Morgan fingerprint density at radius 1 is 1.32 bits per heavy atom. The second-order valence-electron chi connectivity index (χ2n) is 5.60. The summed E-state index contributed by atoms with van der Waals surface area (Å²) in [6, 6.07) is 9.55. The molecule has 2 aromatic rings. The molecule has 0 radical (unpaired) electrons. The third-order valence-corrected chi connectivity index (χ3v) is 3.97. The fourth-order valence-electron chi connectivity index (χ4n) is 2.61. The van der Waals surface area contributed by atoms with Crippen LogP contribution in [0.5, 0.6) is 0 Å². The van der Waals surface area contributed by atoms with Gasteiger partial charge in [-0.3, -0.25) is 9.78 Å². The lowest BCUT2D eigenvalue weighted by atomic mass is 10.1. The Kier molecular flexibility index (Phi) is 5.21. The second kappa shape index (κ2) is 7.73. The Morgan fingerprint density at radius 3 is 2.88 bits per heavy atom. The number of halogens is 1. The van der Waals surface area contributed by atoms with Gasteiger partial charge in [-0.05, 0) is 30.3 Å². The van der Waals surface area contributed by atoms with Crippen molar-refractivity contribution in [2.45, 2.75) is 6.54 Å². The molecule has 25 heavy (non-hydrogen) atoms. The van der Waals surface area contributed by atoms with Crippen molar-refractivity contribution in [3.63, 3.8) is 0 Å². The molecule has 6 nitrogen and oxygen atoms in total. The summed E-state index contributed by atoms with van der Waals surface area (Å²) in [5.74, 6) is -0.855. The van der Waals surface area contributed by atoms with Crippen molar-refractivity contribution in [3.05, 3.63) is 59.2 Å². The van der Waals surface area contributed by atoms with E-state index in [1.54, 1.807) is 12.3 Å². The topological polar surface area (TPSA) is 78.2 Å². The zero-order chi connectivity index (χ0) is 17.6. The maximum absolute atomic E-state index is 13.8. The monoisotopic (exact) mass is 340 g/mol. The summed E-state index contributed by atoms with van der Waals surface area (Å²) in [6.07, 6.45) is 1.58. The zero-order valence-corrected chi connectivity index (χ0v) is 13.5. The first-order valence-electron chi connectivity index (χ1n) is 7.93. The molecule has 1 aromatic carbocycles. The van der Waals surface area contributed by atoms with Crippen LogP contribution in [0, 0.1) is 17.1 Å². The molecule has 0 saturated carbocycles. The lowest BCUT2D eigenvalue weighted by molar-refractivity contribution is 0.0945. The fourth-order valence-corrected chi connectivity index (χ4v) is 2.61. The molecule has 1 aromatic heterocycles. The number of benzene rings is 1. The Labute approximate surface area is 144 Å². The van der Waals surface area contributed by atoms with Crippen LogP contribution >= 0.6 is 0 Å². The van der Waals surface area contributed by atoms with Gasteiger partial charge in [-0.25, -0.2) is 4.39 Å². The molecule has 1 amide bonds. The van der Waals surface area contributed by atoms with Gasteiger partial charge < -0.3 is 15.0 Å². The number of rotatable bonds is 4. The van der Waals surface area contributed by atoms with Crippen LogP contribution in [0.2, 0.25) is 0 Å². The first kappa shape index (κ1) is 16.9. The number of nitrogens with zero attached hydrogens (tertiary/aromatic N) is 3. The van der Waals surface area contributed by atoms with E-state index in [1.165, 1.54) is 18.2 Å². The zero-order valence-electron chi connectivity index (χ0n) is 13.5. The largest absolute Gasteiger partial charge is 0.378 e. The van der Waals surface area contributed by atoms with Crippen LogP contribution in [0.3, 0.4) is 0 Å². The number of ether oxygens (including phenoxy) is 1. The summed E-state index contributed by atoms with van der Waals surface area (Å²) < 4.78 is 19.1. The van der Waals surface area contributed by atoms with Crippen LogP contribution in [0.4, 0.5) is 10.1 Å². The van der Waals surface area contributed by atoms with Crippen LogP contribution in [0.25, 0.3) is 0 Å². The van der Waals surface area contributed by atoms with Crippen LogP contribution < -0.4 is 10.2 Å². The van der Waals surface area contributed by atoms with Crippen molar-refractivity contribution in [2.24, 2.45) is 0 Å². The molecule has 0 unspecified atom stereocenters. The van der Waals surface area contributed by atoms with Gasteiger partial charge >= 0.3 is 0 Å². The molecular formula is C18H17FN4O2. The summed E-state index contributed by atoms with van der Waals surface area (Å²) in [7, 11) is 0. The van der Waals surface area contributed by atoms with Crippen LogP contribution in [0.1, 0.15) is 21.6 Å². The number of amides is 1. The highest BCUT2D eigenvalue weighted by atomic mass is 19.1. The molecule has 1 aliphatic rings. The van der Waals surface area contributed by atoms with Gasteiger partial charge in [0, 0.05) is 37.1 Å². The number of aromatic nitrogens is 1. The molecule has 0 aliphatic carbocycles. The number of pyridine rings is 1. The SMILES string of the molecule is N#Cc1ccc(F)c(CNC(=O)c2cc(N3CCOCC3)ccn2)c1. The second-order valence-corrected chi connectivity index (χ2v) is 5.60. The van der Waals surface area contributed by atoms with E-state index in [0.717, 1.165) is 18.8 Å². The van der Waals surface area contributed by atoms with Crippen LogP contribution in [-0.4, -0.2) is 37.2 Å². The molecule has 0 spiro atoms. The van der Waals surface area contributed by atoms with Gasteiger partial charge in [0.25, 0.3) is 5.91 Å². The van der Waals surface area contributed by atoms with Gasteiger partial charge in [-0.1, -0.05) is 0 Å². The molecule has 1 aliphatic heterocycles. The minimum Gasteiger partial charge on any atom is -0.378 e. The van der Waals surface area contributed by atoms with Crippen molar-refractivity contribution < 1.29 is 13.9 Å². The van der Waals surface area contributed by atoms with Crippen molar-refractivity contribution in [3.8, 4) is 6.07 Å². The van der Waals surface area contributed by atoms with E-state index in [0.29, 0.717) is 18.8 Å². The van der Waals surface area contributed by atoms with Crippen molar-refractivity contribution >= 4 is 11.6 Å². The number of nitrogens with one attached hydrogen (secondary N) is 1. The number of carbonyl (C=O) groups excluding carboxylic acids is 1. The highest BCUT2D eigenvalue weighted by Gasteiger charge is 2.14. The number of hydrogen-bond acceptors (Lipinski definition) is 5. The van der Waals surface area contributed by atoms with Crippen LogP contribution in [-0.2, 0) is 11.3 Å². The highest BCUT2D eigenvalue weighted by molar-refractivity contribution is 5.93. The van der Waals surface area contributed by atoms with Gasteiger partial charge in [-0.15, -0.1) is 0 Å². The molecule has 1 saturated heterocycles. The fraction of sp³-hybridized carbons (Fsp3) is 0.278. The molecule has 1 fully saturated rings. The predicted molar refractivity (Wildman–Crippen MR) is 89.6 cm³/mol. The highest BCUT2D eigenvalue weighted by Crippen LogP contribution is 2.16. The van der Waals surface area contributed by atoms with E-state index >= 15 is 0 Å². The molecule has 2 heterocycles. The summed E-state index contributed by atoms with van der Waals surface area (Å²) in [6.45, 7) is 2.81. The van der Waals surface area contributed by atoms with Gasteiger partial charge in [0.1, 0.15) is 11.5 Å². The molecule has 128 valence electrons. The molecule has 0 bridgehead atoms. The van der Waals surface area contributed by atoms with E-state index in [2.05, 4.69) is 15.2 Å². The molecular weight excluding hydrogens is 323 g/mol. The van der Waals surface area contributed by atoms with Gasteiger partial charge in [0.05, 0.1) is 24.8 Å². The van der Waals surface area contributed by atoms with E-state index < -0.39 is 11.7 Å². The average molecular weight is 340 g/mol. The van der Waals surface area contributed by atoms with E-state index in [1.807, 2.05) is 12.1 Å². The summed E-state index contributed by atoms with van der Waals surface area (Å²) >= 11 is 0. The van der Waals surface area contributed by atoms with Crippen molar-refractivity contribution in [2.75, 3.05) is 31.2 Å². The first-order chi connectivity index (χ1) is 12.2. The number of hydrogen-bond donors (Lipinski definition) is 1. The number of anilines is 1. The molecule has 0 atom stereocenters. The average Bonchev–Trinajstić information content (AvgIpc) is 2.68. The molecule has 3 rings (SSSR count). The smallest absolute Gasteiger partial charge is 0.270 e. The first-order valence-corrected chi connectivity index (χ1v) is 7.93. The number of nitriles is 1. The maximum atomic E-state index is 13.8. The van der Waals surface area contributed by atoms with E-state index in [9.17, 15) is 9.18 Å². The quantitative estimate of drug-likeness (QED) is 0.919. The van der Waals surface area contributed by atoms with E-state index in [-0.39, 0.29) is 17.8 Å². The van der Waals surface area contributed by atoms with Crippen molar-refractivity contribution in [1.82, 2.24) is 10.3 Å². The van der Waals surface area contributed by atoms with Crippen molar-refractivity contribution in [1.29, 1.82) is 5.26 Å². The lowest BCUT2D eigenvalue weighted by Gasteiger charge is -2.28. The van der Waals surface area contributed by atoms with Crippen LogP contribution in [0.15, 0.2) is 36.5 Å². The molecule has 7 heteroatoms. The van der Waals surface area contributed by atoms with Gasteiger partial charge in [0.2, 0.25) is 0 Å². The Balaban J connectivity index is 1.68. The van der Waals surface area contributed by atoms with Gasteiger partial charge in [-0.2, -0.15) is 5.26 Å². The van der Waals surface area contributed by atoms with Gasteiger partial charge in [0.15, 0.2) is 0 Å². The lowest BCUT2D eigenvalue weighted by Crippen LogP contribution is -2.36. The predicted octanol–water partition coefficient (Wildman–Crippen LogP) is 1.86. The minimum atomic E-state index is -0.464. The maximum Gasteiger partial charge on any atom is 0.270 e. The Morgan fingerprint density at radius 2 is 2.12 bits per heavy atom. The Hall–Kier alpha value is -2.98. The summed E-state index contributed by atoms with van der Waals surface area (Å²) in [4.78, 5) is 18.5. The summed E-state index contributed by atoms with van der Waals surface area (Å²) in [5.41, 5.74) is 1.77. The third-order valence-electron chi connectivity index (χ3n) is 3.97. The Bertz CT molecular complexity index is 813. The third kappa shape index (κ3) is 4.11. The minimum absolute atomic E-state index is 0.0103.